The third-order valence-electron chi connectivity index (χ3n) is 4.07. The summed E-state index contributed by atoms with van der Waals surface area (Å²) in [5.41, 5.74) is 4.14. The number of methoxy groups -OCH3 is 1. The lowest BCUT2D eigenvalue weighted by molar-refractivity contribution is 0.415. The Bertz CT molecular complexity index is 939. The van der Waals surface area contributed by atoms with Gasteiger partial charge in [-0.15, -0.1) is 5.10 Å². The summed E-state index contributed by atoms with van der Waals surface area (Å²) in [7, 11) is 1.67. The molecule has 2 heterocycles. The number of nitrogens with one attached hydrogen (secondary N) is 1. The molecular weight excluding hydrogens is 300 g/mol. The van der Waals surface area contributed by atoms with Crippen LogP contribution >= 0.6 is 0 Å². The average Bonchev–Trinajstić information content (AvgIpc) is 3.29. The van der Waals surface area contributed by atoms with Gasteiger partial charge in [-0.3, -0.25) is 0 Å². The third-order valence-corrected chi connectivity index (χ3v) is 4.07. The van der Waals surface area contributed by atoms with Crippen LogP contribution in [0.25, 0.3) is 16.9 Å². The summed E-state index contributed by atoms with van der Waals surface area (Å²) in [4.78, 5) is 4.44. The molecule has 0 aliphatic heterocycles. The third kappa shape index (κ3) is 2.76. The van der Waals surface area contributed by atoms with Gasteiger partial charge in [0, 0.05) is 12.1 Å². The Kier molecular flexibility index (Phi) is 3.75. The number of ether oxygens (including phenoxy) is 1. The van der Waals surface area contributed by atoms with Crippen molar-refractivity contribution >= 4 is 11.5 Å². The van der Waals surface area contributed by atoms with Gasteiger partial charge in [-0.25, -0.2) is 9.50 Å². The number of aromatic nitrogens is 3. The Labute approximate surface area is 140 Å². The topological polar surface area (TPSA) is 51.5 Å². The molecule has 0 fully saturated rings. The van der Waals surface area contributed by atoms with Crippen LogP contribution in [0.2, 0.25) is 0 Å². The first kappa shape index (κ1) is 14.5. The number of nitrogens with zero attached hydrogens (tertiary/aromatic N) is 3. The molecule has 5 nitrogen and oxygen atoms in total. The van der Waals surface area contributed by atoms with Crippen LogP contribution in [-0.2, 0) is 0 Å². The molecule has 1 aromatic carbocycles. The summed E-state index contributed by atoms with van der Waals surface area (Å²) in [5.74, 6) is 1.65. The molecule has 0 bridgehead atoms. The number of hydrogen-bond acceptors (Lipinski definition) is 4. The van der Waals surface area contributed by atoms with Gasteiger partial charge >= 0.3 is 0 Å². The summed E-state index contributed by atoms with van der Waals surface area (Å²) in [6, 6.07) is 11.8. The fourth-order valence-electron chi connectivity index (χ4n) is 2.77. The van der Waals surface area contributed by atoms with Gasteiger partial charge in [0.15, 0.2) is 5.65 Å². The number of anilines is 1. The Morgan fingerprint density at radius 1 is 1.25 bits per heavy atom. The molecule has 0 amide bonds. The minimum absolute atomic E-state index is 0.800. The van der Waals surface area contributed by atoms with Gasteiger partial charge in [0.05, 0.1) is 19.0 Å². The lowest BCUT2D eigenvalue weighted by atomic mass is 10.1. The van der Waals surface area contributed by atoms with Crippen molar-refractivity contribution in [1.82, 2.24) is 14.6 Å². The van der Waals surface area contributed by atoms with Crippen LogP contribution in [0, 0.1) is 0 Å². The fourth-order valence-corrected chi connectivity index (χ4v) is 2.77. The van der Waals surface area contributed by atoms with Crippen LogP contribution in [0.15, 0.2) is 66.4 Å². The van der Waals surface area contributed by atoms with Crippen molar-refractivity contribution in [3.63, 3.8) is 0 Å². The van der Waals surface area contributed by atoms with Crippen molar-refractivity contribution in [3.8, 4) is 17.0 Å². The highest BCUT2D eigenvalue weighted by molar-refractivity contribution is 5.65. The minimum Gasteiger partial charge on any atom is -0.497 e. The summed E-state index contributed by atoms with van der Waals surface area (Å²) in [5, 5.41) is 8.06. The van der Waals surface area contributed by atoms with E-state index in [1.165, 1.54) is 5.57 Å². The van der Waals surface area contributed by atoms with Gasteiger partial charge in [0.2, 0.25) is 0 Å². The first-order valence-corrected chi connectivity index (χ1v) is 7.91. The summed E-state index contributed by atoms with van der Waals surface area (Å²) in [6.07, 6.45) is 9.24. The van der Waals surface area contributed by atoms with E-state index in [4.69, 9.17) is 4.74 Å². The normalized spacial score (nSPS) is 13.3. The van der Waals surface area contributed by atoms with Crippen LogP contribution in [0.5, 0.6) is 5.75 Å². The predicted octanol–water partition coefficient (Wildman–Crippen LogP) is 3.70. The predicted molar refractivity (Wildman–Crippen MR) is 95.3 cm³/mol. The van der Waals surface area contributed by atoms with Gasteiger partial charge in [-0.05, 0) is 36.3 Å². The quantitative estimate of drug-likeness (QED) is 0.779. The fraction of sp³-hybridized carbons (Fsp3) is 0.158. The lowest BCUT2D eigenvalue weighted by Crippen LogP contribution is -2.07. The van der Waals surface area contributed by atoms with Crippen LogP contribution in [-0.4, -0.2) is 28.3 Å². The zero-order valence-corrected chi connectivity index (χ0v) is 13.4. The molecule has 120 valence electrons. The standard InChI is InChI=1S/C19H18N4O/c1-24-16-8-4-7-15(11-16)17-13-21-19-10-9-18(22-23(17)19)20-12-14-5-2-3-6-14/h2-5,7-11,13H,6,12H2,1H3,(H,20,22). The van der Waals surface area contributed by atoms with Crippen LogP contribution in [0.4, 0.5) is 5.82 Å². The summed E-state index contributed by atoms with van der Waals surface area (Å²) < 4.78 is 7.17. The van der Waals surface area contributed by atoms with Gasteiger partial charge in [0.1, 0.15) is 11.6 Å². The molecule has 0 unspecified atom stereocenters. The highest BCUT2D eigenvalue weighted by Crippen LogP contribution is 2.24. The van der Waals surface area contributed by atoms with Gasteiger partial charge in [-0.2, -0.15) is 0 Å². The SMILES string of the molecule is COc1cccc(-c2cnc3ccc(NCC4=CC=CC4)nn23)c1. The van der Waals surface area contributed by atoms with E-state index in [9.17, 15) is 0 Å². The zero-order chi connectivity index (χ0) is 16.4. The Morgan fingerprint density at radius 2 is 2.21 bits per heavy atom. The second-order valence-corrected chi connectivity index (χ2v) is 5.67. The maximum absolute atomic E-state index is 5.31. The van der Waals surface area contributed by atoms with Crippen molar-refractivity contribution in [1.29, 1.82) is 0 Å². The van der Waals surface area contributed by atoms with E-state index in [1.807, 2.05) is 47.1 Å². The second-order valence-electron chi connectivity index (χ2n) is 5.67. The number of hydrogen-bond donors (Lipinski definition) is 1. The smallest absolute Gasteiger partial charge is 0.154 e. The minimum atomic E-state index is 0.800. The molecule has 0 saturated heterocycles. The van der Waals surface area contributed by atoms with Crippen molar-refractivity contribution in [2.24, 2.45) is 0 Å². The lowest BCUT2D eigenvalue weighted by Gasteiger charge is -2.08. The summed E-state index contributed by atoms with van der Waals surface area (Å²) in [6.45, 7) is 0.800. The van der Waals surface area contributed by atoms with Gasteiger partial charge < -0.3 is 10.1 Å². The number of rotatable bonds is 5. The molecule has 0 spiro atoms. The molecular formula is C19H18N4O. The molecule has 0 radical (unpaired) electrons. The molecule has 1 N–H and O–H groups in total. The Morgan fingerprint density at radius 3 is 3.04 bits per heavy atom. The average molecular weight is 318 g/mol. The van der Waals surface area contributed by atoms with E-state index in [-0.39, 0.29) is 0 Å². The monoisotopic (exact) mass is 318 g/mol. The number of benzene rings is 1. The molecule has 1 aliphatic rings. The van der Waals surface area contributed by atoms with Gasteiger partial charge in [0.25, 0.3) is 0 Å². The molecule has 24 heavy (non-hydrogen) atoms. The number of imidazole rings is 1. The van der Waals surface area contributed by atoms with Gasteiger partial charge in [-0.1, -0.05) is 30.4 Å². The van der Waals surface area contributed by atoms with Crippen LogP contribution in [0.3, 0.4) is 0 Å². The number of allylic oxidation sites excluding steroid dienone is 3. The molecule has 1 aliphatic carbocycles. The van der Waals surface area contributed by atoms with Crippen molar-refractivity contribution in [3.05, 3.63) is 66.4 Å². The van der Waals surface area contributed by atoms with Crippen molar-refractivity contribution < 1.29 is 4.74 Å². The molecule has 4 rings (SSSR count). The summed E-state index contributed by atoms with van der Waals surface area (Å²) >= 11 is 0. The van der Waals surface area contributed by atoms with Crippen molar-refractivity contribution in [2.45, 2.75) is 6.42 Å². The van der Waals surface area contributed by atoms with E-state index in [0.717, 1.165) is 41.4 Å². The maximum Gasteiger partial charge on any atom is 0.154 e. The molecule has 5 heteroatoms. The maximum atomic E-state index is 5.31. The highest BCUT2D eigenvalue weighted by atomic mass is 16.5. The van der Waals surface area contributed by atoms with Crippen LogP contribution < -0.4 is 10.1 Å². The van der Waals surface area contributed by atoms with Crippen LogP contribution in [0.1, 0.15) is 6.42 Å². The first-order chi connectivity index (χ1) is 11.8. The first-order valence-electron chi connectivity index (χ1n) is 7.91. The van der Waals surface area contributed by atoms with E-state index in [0.29, 0.717) is 0 Å². The van der Waals surface area contributed by atoms with E-state index in [1.54, 1.807) is 7.11 Å². The highest BCUT2D eigenvalue weighted by Gasteiger charge is 2.09. The van der Waals surface area contributed by atoms with E-state index >= 15 is 0 Å². The Hall–Kier alpha value is -3.08. The molecule has 3 aromatic rings. The van der Waals surface area contributed by atoms with Crippen molar-refractivity contribution in [2.75, 3.05) is 19.0 Å². The van der Waals surface area contributed by atoms with E-state index < -0.39 is 0 Å². The largest absolute Gasteiger partial charge is 0.497 e. The Balaban J connectivity index is 1.65. The second kappa shape index (κ2) is 6.20. The zero-order valence-electron chi connectivity index (χ0n) is 13.4. The molecule has 0 atom stereocenters. The van der Waals surface area contributed by atoms with E-state index in [2.05, 4.69) is 33.6 Å². The molecule has 2 aromatic heterocycles. The number of fused-ring (bicyclic) bond motifs is 1. The molecule has 0 saturated carbocycles.